The zero-order chi connectivity index (χ0) is 45.4. The number of hydrogen-bond donors (Lipinski definition) is 2. The van der Waals surface area contributed by atoms with Gasteiger partial charge in [0.05, 0.1) is 27.1 Å². The van der Waals surface area contributed by atoms with E-state index in [1.807, 2.05) is 7.05 Å². The van der Waals surface area contributed by atoms with Crippen LogP contribution in [0, 0.1) is 15.5 Å². The Morgan fingerprint density at radius 3 is 2.45 bits per heavy atom. The largest absolute Gasteiger partial charge is 0.482 e. The van der Waals surface area contributed by atoms with Crippen LogP contribution in [0.15, 0.2) is 114 Å². The summed E-state index contributed by atoms with van der Waals surface area (Å²) in [7, 11) is -2.82. The molecule has 1 aliphatic heterocycles. The number of alkyl halides is 3. The number of nitro groups is 1. The van der Waals surface area contributed by atoms with Crippen LogP contribution in [-0.2, 0) is 29.9 Å². The Labute approximate surface area is 367 Å². The van der Waals surface area contributed by atoms with E-state index in [4.69, 9.17) is 9.47 Å². The van der Waals surface area contributed by atoms with Crippen molar-refractivity contribution in [3.63, 3.8) is 0 Å². The highest BCUT2D eigenvalue weighted by atomic mass is 32.2. The van der Waals surface area contributed by atoms with Crippen LogP contribution in [0.5, 0.6) is 17.2 Å². The van der Waals surface area contributed by atoms with E-state index in [-0.39, 0.29) is 29.1 Å². The number of aromatic amines is 1. The number of ether oxygens (including phenoxy) is 2. The van der Waals surface area contributed by atoms with E-state index in [0.717, 1.165) is 71.3 Å². The van der Waals surface area contributed by atoms with E-state index in [9.17, 15) is 36.5 Å². The average molecular weight is 898 g/mol. The third-order valence-corrected chi connectivity index (χ3v) is 13.0. The van der Waals surface area contributed by atoms with Gasteiger partial charge in [-0.05, 0) is 90.4 Å². The number of anilines is 1. The van der Waals surface area contributed by atoms with Gasteiger partial charge >= 0.3 is 11.9 Å². The predicted molar refractivity (Wildman–Crippen MR) is 235 cm³/mol. The van der Waals surface area contributed by atoms with Crippen molar-refractivity contribution in [2.45, 2.75) is 50.8 Å². The molecule has 0 atom stereocenters. The lowest BCUT2D eigenvalue weighted by Gasteiger charge is -2.39. The molecule has 0 bridgehead atoms. The van der Waals surface area contributed by atoms with Crippen LogP contribution in [-0.4, -0.2) is 71.4 Å². The molecule has 64 heavy (non-hydrogen) atoms. The van der Waals surface area contributed by atoms with E-state index >= 15 is 0 Å². The molecule has 1 aliphatic carbocycles. The summed E-state index contributed by atoms with van der Waals surface area (Å²) in [6, 6.07) is 18.8. The van der Waals surface area contributed by atoms with Crippen molar-refractivity contribution in [3.8, 4) is 17.2 Å². The lowest BCUT2D eigenvalue weighted by molar-refractivity contribution is -0.386. The Balaban J connectivity index is 1.01. The molecular formula is C46H46F3N7O7S. The molecule has 1 amide bonds. The molecule has 0 unspecified atom stereocenters. The number of piperazine rings is 1. The lowest BCUT2D eigenvalue weighted by Crippen LogP contribution is -2.47. The van der Waals surface area contributed by atoms with E-state index < -0.39 is 43.2 Å². The normalized spacial score (nSPS) is 15.9. The number of fused-ring (bicyclic) bond motifs is 1. The highest BCUT2D eigenvalue weighted by Crippen LogP contribution is 2.44. The van der Waals surface area contributed by atoms with Gasteiger partial charge in [0.25, 0.3) is 15.9 Å². The third kappa shape index (κ3) is 9.92. The first-order valence-electron chi connectivity index (χ1n) is 20.6. The van der Waals surface area contributed by atoms with Gasteiger partial charge in [0.15, 0.2) is 5.75 Å². The maximum atomic E-state index is 13.9. The zero-order valence-corrected chi connectivity index (χ0v) is 36.1. The molecule has 3 aromatic carbocycles. The van der Waals surface area contributed by atoms with Gasteiger partial charge in [-0.1, -0.05) is 31.6 Å². The molecule has 1 fully saturated rings. The predicted octanol–water partition coefficient (Wildman–Crippen LogP) is 9.10. The number of amides is 1. The van der Waals surface area contributed by atoms with Crippen LogP contribution in [0.1, 0.15) is 60.2 Å². The van der Waals surface area contributed by atoms with Crippen molar-refractivity contribution in [1.29, 1.82) is 0 Å². The average Bonchev–Trinajstić information content (AvgIpc) is 3.91. The number of carbonyl (C=O) groups is 1. The van der Waals surface area contributed by atoms with Crippen LogP contribution in [0.3, 0.4) is 0 Å². The van der Waals surface area contributed by atoms with Gasteiger partial charge in [-0.2, -0.15) is 13.2 Å². The van der Waals surface area contributed by atoms with Crippen molar-refractivity contribution in [2.24, 2.45) is 12.5 Å². The smallest absolute Gasteiger partial charge is 0.416 e. The van der Waals surface area contributed by atoms with Crippen molar-refractivity contribution in [1.82, 2.24) is 24.2 Å². The summed E-state index contributed by atoms with van der Waals surface area (Å²) in [5, 5.41) is 12.8. The molecule has 3 aromatic heterocycles. The number of rotatable bonds is 13. The number of halogens is 3. The van der Waals surface area contributed by atoms with Crippen molar-refractivity contribution >= 4 is 43.9 Å². The molecule has 18 heteroatoms. The SMILES string of the molecule is Cn1ccc(COc2ccc(S(=O)(=O)NC(=O)c3ccc(N4CCN(CC5=C(c6ccc(C(F)(F)F)cc6)CC(C)(C)CC5)CC4)cc3Oc3cnc4[nH]ccc4c3)cc2[N+](=O)[O-])c1. The molecule has 14 nitrogen and oxygen atoms in total. The van der Waals surface area contributed by atoms with Crippen LogP contribution in [0.4, 0.5) is 24.5 Å². The topological polar surface area (TPSA) is 165 Å². The van der Waals surface area contributed by atoms with E-state index in [1.165, 1.54) is 23.9 Å². The summed E-state index contributed by atoms with van der Waals surface area (Å²) < 4.78 is 83.1. The second-order valence-corrected chi connectivity index (χ2v) is 18.6. The number of H-pyrrole nitrogens is 1. The number of nitrogens with one attached hydrogen (secondary N) is 2. The Hall–Kier alpha value is -6.66. The lowest BCUT2D eigenvalue weighted by atomic mass is 9.72. The summed E-state index contributed by atoms with van der Waals surface area (Å²) >= 11 is 0. The second-order valence-electron chi connectivity index (χ2n) is 16.9. The molecule has 0 spiro atoms. The maximum absolute atomic E-state index is 13.9. The fourth-order valence-corrected chi connectivity index (χ4v) is 9.15. The Morgan fingerprint density at radius 2 is 1.75 bits per heavy atom. The maximum Gasteiger partial charge on any atom is 0.416 e. The van der Waals surface area contributed by atoms with E-state index in [1.54, 1.807) is 65.6 Å². The first kappa shape index (κ1) is 44.0. The molecule has 334 valence electrons. The number of pyridine rings is 1. The molecule has 2 N–H and O–H groups in total. The fourth-order valence-electron chi connectivity index (χ4n) is 8.16. The van der Waals surface area contributed by atoms with Gasteiger partial charge in [0, 0.05) is 87.1 Å². The third-order valence-electron chi connectivity index (χ3n) is 11.7. The number of hydrogen-bond acceptors (Lipinski definition) is 10. The Kier molecular flexibility index (Phi) is 12.0. The summed E-state index contributed by atoms with van der Waals surface area (Å²) in [5.41, 5.74) is 3.87. The van der Waals surface area contributed by atoms with Gasteiger partial charge in [0.1, 0.15) is 23.8 Å². The molecule has 6 aromatic rings. The highest BCUT2D eigenvalue weighted by molar-refractivity contribution is 7.90. The first-order valence-corrected chi connectivity index (χ1v) is 22.1. The van der Waals surface area contributed by atoms with Crippen molar-refractivity contribution < 1.29 is 40.8 Å². The minimum absolute atomic E-state index is 0.0118. The summed E-state index contributed by atoms with van der Waals surface area (Å²) in [5.74, 6) is -0.823. The second kappa shape index (κ2) is 17.5. The monoisotopic (exact) mass is 897 g/mol. The van der Waals surface area contributed by atoms with Crippen LogP contribution in [0.2, 0.25) is 0 Å². The molecular weight excluding hydrogens is 852 g/mol. The summed E-state index contributed by atoms with van der Waals surface area (Å²) in [6.45, 7) is 7.64. The van der Waals surface area contributed by atoms with Gasteiger partial charge in [-0.3, -0.25) is 19.8 Å². The zero-order valence-electron chi connectivity index (χ0n) is 35.3. The fraction of sp³-hybridized carbons (Fsp3) is 0.304. The minimum Gasteiger partial charge on any atom is -0.482 e. The number of benzene rings is 3. The van der Waals surface area contributed by atoms with Crippen LogP contribution >= 0.6 is 0 Å². The van der Waals surface area contributed by atoms with Gasteiger partial charge in [0.2, 0.25) is 0 Å². The minimum atomic E-state index is -4.64. The molecule has 2 aliphatic rings. The number of aryl methyl sites for hydroxylation is 1. The standard InChI is InChI=1S/C46H46F3N7O7S/c1-45(2)15-12-33(39(25-45)31-4-6-34(7-5-31)46(47,48)49)28-54-18-20-55(21-19-54)35-8-10-38(42(23-35)63-36-22-32-13-16-50-43(32)51-26-36)44(57)52-64(60,61)37-9-11-41(40(24-37)56(58)59)62-29-30-14-17-53(3)27-30/h4-11,13-14,16-17,22-24,26-27H,12,15,18-21,25,28-29H2,1-3H3,(H,50,51)(H,52,57). The van der Waals surface area contributed by atoms with Crippen molar-refractivity contribution in [3.05, 3.63) is 142 Å². The van der Waals surface area contributed by atoms with Crippen molar-refractivity contribution in [2.75, 3.05) is 37.6 Å². The number of aromatic nitrogens is 3. The summed E-state index contributed by atoms with van der Waals surface area (Å²) in [6.07, 6.45) is 4.95. The highest BCUT2D eigenvalue weighted by Gasteiger charge is 2.33. The quantitative estimate of drug-likeness (QED) is 0.0844. The Bertz CT molecular complexity index is 2860. The number of sulfonamides is 1. The van der Waals surface area contributed by atoms with Gasteiger partial charge < -0.3 is 23.9 Å². The molecule has 4 heterocycles. The van der Waals surface area contributed by atoms with E-state index in [0.29, 0.717) is 44.1 Å². The Morgan fingerprint density at radius 1 is 0.984 bits per heavy atom. The number of carbonyl (C=O) groups excluding carboxylic acids is 1. The summed E-state index contributed by atoms with van der Waals surface area (Å²) in [4.78, 5) is 36.5. The first-order chi connectivity index (χ1) is 30.4. The van der Waals surface area contributed by atoms with Gasteiger partial charge in [-0.25, -0.2) is 18.1 Å². The van der Waals surface area contributed by atoms with Crippen LogP contribution < -0.4 is 19.1 Å². The van der Waals surface area contributed by atoms with E-state index in [2.05, 4.69) is 38.3 Å². The molecule has 1 saturated heterocycles. The van der Waals surface area contributed by atoms with Crippen LogP contribution in [0.25, 0.3) is 16.6 Å². The molecule has 8 rings (SSSR count). The molecule has 0 saturated carbocycles. The number of nitro benzene ring substituents is 1. The molecule has 0 radical (unpaired) electrons. The van der Waals surface area contributed by atoms with Gasteiger partial charge in [-0.15, -0.1) is 0 Å². The number of nitrogens with zero attached hydrogens (tertiary/aromatic N) is 5. The number of allylic oxidation sites excluding steroid dienone is 1.